The van der Waals surface area contributed by atoms with Gasteiger partial charge in [0, 0.05) is 30.6 Å². The Balaban J connectivity index is 2.47. The summed E-state index contributed by atoms with van der Waals surface area (Å²) in [6.45, 7) is 5.66. The number of nitrogens with one attached hydrogen (secondary N) is 1. The van der Waals surface area contributed by atoms with Gasteiger partial charge in [-0.05, 0) is 18.6 Å². The summed E-state index contributed by atoms with van der Waals surface area (Å²) >= 11 is 0. The Bertz CT molecular complexity index is 349. The summed E-state index contributed by atoms with van der Waals surface area (Å²) in [6.07, 6.45) is 3.45. The molecule has 0 amide bonds. The van der Waals surface area contributed by atoms with E-state index in [0.29, 0.717) is 0 Å². The van der Waals surface area contributed by atoms with E-state index in [2.05, 4.69) is 16.9 Å². The fraction of sp³-hybridized carbons (Fsp3) is 0.273. The molecule has 0 fully saturated rings. The number of aliphatic carboxylic acids is 1. The SMILES string of the molecule is C=C(CNC(C)c1cccnc1)C(=O)O. The van der Waals surface area contributed by atoms with E-state index in [-0.39, 0.29) is 18.2 Å². The maximum Gasteiger partial charge on any atom is 0.332 e. The molecule has 0 saturated carbocycles. The largest absolute Gasteiger partial charge is 0.478 e. The van der Waals surface area contributed by atoms with E-state index in [9.17, 15) is 4.79 Å². The Labute approximate surface area is 88.7 Å². The van der Waals surface area contributed by atoms with Crippen LogP contribution in [0.25, 0.3) is 0 Å². The lowest BCUT2D eigenvalue weighted by atomic mass is 10.1. The highest BCUT2D eigenvalue weighted by Gasteiger charge is 2.07. The van der Waals surface area contributed by atoms with Crippen molar-refractivity contribution in [3.8, 4) is 0 Å². The van der Waals surface area contributed by atoms with Gasteiger partial charge in [-0.15, -0.1) is 0 Å². The second kappa shape index (κ2) is 5.26. The molecule has 1 aromatic heterocycles. The minimum Gasteiger partial charge on any atom is -0.478 e. The Morgan fingerprint density at radius 3 is 3.00 bits per heavy atom. The lowest BCUT2D eigenvalue weighted by molar-refractivity contribution is -0.132. The number of aromatic nitrogens is 1. The molecule has 0 aliphatic rings. The Kier molecular flexibility index (Phi) is 4.00. The van der Waals surface area contributed by atoms with Gasteiger partial charge < -0.3 is 10.4 Å². The fourth-order valence-corrected chi connectivity index (χ4v) is 1.10. The molecule has 15 heavy (non-hydrogen) atoms. The molecule has 80 valence electrons. The zero-order valence-electron chi connectivity index (χ0n) is 8.60. The van der Waals surface area contributed by atoms with Crippen molar-refractivity contribution in [3.05, 3.63) is 42.2 Å². The van der Waals surface area contributed by atoms with E-state index in [0.717, 1.165) is 5.56 Å². The third kappa shape index (κ3) is 3.52. The van der Waals surface area contributed by atoms with E-state index in [1.54, 1.807) is 12.4 Å². The van der Waals surface area contributed by atoms with Crippen LogP contribution in [0, 0.1) is 0 Å². The molecule has 4 heteroatoms. The molecule has 0 aliphatic heterocycles. The van der Waals surface area contributed by atoms with Crippen LogP contribution in [0.4, 0.5) is 0 Å². The normalized spacial score (nSPS) is 12.1. The van der Waals surface area contributed by atoms with Gasteiger partial charge in [0.1, 0.15) is 0 Å². The number of carboxylic acid groups (broad SMARTS) is 1. The Morgan fingerprint density at radius 1 is 1.73 bits per heavy atom. The topological polar surface area (TPSA) is 62.2 Å². The number of pyridine rings is 1. The average molecular weight is 206 g/mol. The van der Waals surface area contributed by atoms with Gasteiger partial charge in [-0.25, -0.2) is 4.79 Å². The van der Waals surface area contributed by atoms with Crippen LogP contribution < -0.4 is 5.32 Å². The van der Waals surface area contributed by atoms with Crippen LogP contribution in [-0.2, 0) is 4.79 Å². The second-order valence-corrected chi connectivity index (χ2v) is 3.30. The highest BCUT2D eigenvalue weighted by Crippen LogP contribution is 2.09. The first-order valence-corrected chi connectivity index (χ1v) is 4.65. The first-order valence-electron chi connectivity index (χ1n) is 4.65. The highest BCUT2D eigenvalue weighted by molar-refractivity contribution is 5.86. The molecule has 1 rings (SSSR count). The van der Waals surface area contributed by atoms with E-state index < -0.39 is 5.97 Å². The van der Waals surface area contributed by atoms with Gasteiger partial charge >= 0.3 is 5.97 Å². The van der Waals surface area contributed by atoms with Gasteiger partial charge in [0.25, 0.3) is 0 Å². The van der Waals surface area contributed by atoms with Gasteiger partial charge in [0.2, 0.25) is 0 Å². The second-order valence-electron chi connectivity index (χ2n) is 3.30. The molecule has 0 saturated heterocycles. The van der Waals surface area contributed by atoms with Crippen LogP contribution in [-0.4, -0.2) is 22.6 Å². The molecule has 1 heterocycles. The summed E-state index contributed by atoms with van der Waals surface area (Å²) in [5.74, 6) is -0.971. The molecular weight excluding hydrogens is 192 g/mol. The minimum absolute atomic E-state index is 0.0646. The zero-order chi connectivity index (χ0) is 11.3. The quantitative estimate of drug-likeness (QED) is 0.714. The van der Waals surface area contributed by atoms with Gasteiger partial charge in [0.05, 0.1) is 0 Å². The Morgan fingerprint density at radius 2 is 2.47 bits per heavy atom. The van der Waals surface area contributed by atoms with Crippen molar-refractivity contribution in [2.24, 2.45) is 0 Å². The number of carboxylic acids is 1. The summed E-state index contributed by atoms with van der Waals surface area (Å²) in [5, 5.41) is 11.7. The third-order valence-electron chi connectivity index (χ3n) is 2.11. The molecule has 2 N–H and O–H groups in total. The van der Waals surface area contributed by atoms with E-state index in [4.69, 9.17) is 5.11 Å². The van der Waals surface area contributed by atoms with Crippen LogP contribution in [0.3, 0.4) is 0 Å². The van der Waals surface area contributed by atoms with E-state index in [1.165, 1.54) is 0 Å². The summed E-state index contributed by atoms with van der Waals surface area (Å²) < 4.78 is 0. The van der Waals surface area contributed by atoms with Crippen molar-refractivity contribution >= 4 is 5.97 Å². The molecular formula is C11H14N2O2. The van der Waals surface area contributed by atoms with Gasteiger partial charge in [-0.2, -0.15) is 0 Å². The zero-order valence-corrected chi connectivity index (χ0v) is 8.60. The molecule has 1 atom stereocenters. The van der Waals surface area contributed by atoms with Crippen molar-refractivity contribution in [1.82, 2.24) is 10.3 Å². The third-order valence-corrected chi connectivity index (χ3v) is 2.11. The molecule has 0 bridgehead atoms. The van der Waals surface area contributed by atoms with Crippen molar-refractivity contribution in [1.29, 1.82) is 0 Å². The van der Waals surface area contributed by atoms with Crippen molar-refractivity contribution in [3.63, 3.8) is 0 Å². The Hall–Kier alpha value is -1.68. The maximum atomic E-state index is 10.5. The first kappa shape index (κ1) is 11.4. The van der Waals surface area contributed by atoms with Gasteiger partial charge in [-0.1, -0.05) is 12.6 Å². The van der Waals surface area contributed by atoms with Crippen LogP contribution in [0.1, 0.15) is 18.5 Å². The van der Waals surface area contributed by atoms with Crippen LogP contribution in [0.2, 0.25) is 0 Å². The monoisotopic (exact) mass is 206 g/mol. The number of nitrogens with zero attached hydrogens (tertiary/aromatic N) is 1. The van der Waals surface area contributed by atoms with Gasteiger partial charge in [-0.3, -0.25) is 4.98 Å². The average Bonchev–Trinajstić information content (AvgIpc) is 2.26. The molecule has 0 spiro atoms. The summed E-state index contributed by atoms with van der Waals surface area (Å²) in [6, 6.07) is 3.85. The highest BCUT2D eigenvalue weighted by atomic mass is 16.4. The minimum atomic E-state index is -0.971. The van der Waals surface area contributed by atoms with Crippen molar-refractivity contribution in [2.45, 2.75) is 13.0 Å². The predicted octanol–water partition coefficient (Wildman–Crippen LogP) is 1.37. The number of carbonyl (C=O) groups is 1. The number of hydrogen-bond donors (Lipinski definition) is 2. The molecule has 0 aliphatic carbocycles. The smallest absolute Gasteiger partial charge is 0.332 e. The van der Waals surface area contributed by atoms with E-state index >= 15 is 0 Å². The summed E-state index contributed by atoms with van der Waals surface area (Å²) in [7, 11) is 0. The first-order chi connectivity index (χ1) is 7.11. The standard InChI is InChI=1S/C11H14N2O2/c1-8(11(14)15)6-13-9(2)10-4-3-5-12-7-10/h3-5,7,9,13H,1,6H2,2H3,(H,14,15). The lowest BCUT2D eigenvalue weighted by Gasteiger charge is -2.13. The summed E-state index contributed by atoms with van der Waals surface area (Å²) in [4.78, 5) is 14.5. The van der Waals surface area contributed by atoms with Crippen molar-refractivity contribution in [2.75, 3.05) is 6.54 Å². The van der Waals surface area contributed by atoms with Crippen LogP contribution >= 0.6 is 0 Å². The fourth-order valence-electron chi connectivity index (χ4n) is 1.10. The number of rotatable bonds is 5. The van der Waals surface area contributed by atoms with Gasteiger partial charge in [0.15, 0.2) is 0 Å². The molecule has 1 aromatic rings. The molecule has 4 nitrogen and oxygen atoms in total. The summed E-state index contributed by atoms with van der Waals surface area (Å²) in [5.41, 5.74) is 1.18. The maximum absolute atomic E-state index is 10.5. The van der Waals surface area contributed by atoms with E-state index in [1.807, 2.05) is 19.1 Å². The number of hydrogen-bond acceptors (Lipinski definition) is 3. The lowest BCUT2D eigenvalue weighted by Crippen LogP contribution is -2.23. The molecule has 1 unspecified atom stereocenters. The van der Waals surface area contributed by atoms with Crippen LogP contribution in [0.5, 0.6) is 0 Å². The predicted molar refractivity (Wildman–Crippen MR) is 57.4 cm³/mol. The molecule has 0 aromatic carbocycles. The van der Waals surface area contributed by atoms with Crippen molar-refractivity contribution < 1.29 is 9.90 Å². The van der Waals surface area contributed by atoms with Crippen LogP contribution in [0.15, 0.2) is 36.7 Å². The molecule has 0 radical (unpaired) electrons.